The quantitative estimate of drug-likeness (QED) is 0.497. The van der Waals surface area contributed by atoms with Gasteiger partial charge in [-0.25, -0.2) is 9.97 Å². The van der Waals surface area contributed by atoms with Crippen molar-refractivity contribution in [1.82, 2.24) is 34.1 Å². The van der Waals surface area contributed by atoms with Gasteiger partial charge in [-0.3, -0.25) is 4.40 Å². The maximum atomic E-state index is 5.39. The van der Waals surface area contributed by atoms with Crippen LogP contribution in [0.1, 0.15) is 24.7 Å². The molecule has 0 aliphatic heterocycles. The Morgan fingerprint density at radius 2 is 2.04 bits per heavy atom. The lowest BCUT2D eigenvalue weighted by Gasteiger charge is -2.05. The first-order chi connectivity index (χ1) is 11.9. The highest BCUT2D eigenvalue weighted by atomic mass is 16.5. The van der Waals surface area contributed by atoms with E-state index >= 15 is 0 Å². The summed E-state index contributed by atoms with van der Waals surface area (Å²) < 4.78 is 9.15. The van der Waals surface area contributed by atoms with Crippen LogP contribution in [0.2, 0.25) is 0 Å². The van der Waals surface area contributed by atoms with Crippen molar-refractivity contribution < 1.29 is 4.52 Å². The maximum absolute atomic E-state index is 5.39. The van der Waals surface area contributed by atoms with Crippen LogP contribution in [0.15, 0.2) is 41.4 Å². The topological polar surface area (TPSA) is 86.4 Å². The number of aromatic nitrogens is 7. The first-order valence-electron chi connectivity index (χ1n) is 7.81. The summed E-state index contributed by atoms with van der Waals surface area (Å²) in [6.07, 6.45) is 5.54. The number of rotatable bonds is 2. The van der Waals surface area contributed by atoms with Crippen molar-refractivity contribution in [1.29, 1.82) is 0 Å². The third-order valence-corrected chi connectivity index (χ3v) is 4.48. The maximum Gasteiger partial charge on any atom is 0.230 e. The number of hydrogen-bond donors (Lipinski definition) is 0. The number of fused-ring (bicyclic) bond motifs is 6. The van der Waals surface area contributed by atoms with Gasteiger partial charge in [-0.15, -0.1) is 0 Å². The van der Waals surface area contributed by atoms with E-state index in [0.717, 1.165) is 35.0 Å². The van der Waals surface area contributed by atoms with Gasteiger partial charge in [-0.1, -0.05) is 17.3 Å². The molecule has 1 aromatic carbocycles. The van der Waals surface area contributed by atoms with Crippen LogP contribution in [0.5, 0.6) is 0 Å². The fourth-order valence-electron chi connectivity index (χ4n) is 3.16. The third-order valence-electron chi connectivity index (χ3n) is 4.48. The van der Waals surface area contributed by atoms with Gasteiger partial charge in [0.15, 0.2) is 17.0 Å². The molecule has 4 heterocycles. The van der Waals surface area contributed by atoms with E-state index in [-0.39, 0.29) is 0 Å². The van der Waals surface area contributed by atoms with Gasteiger partial charge >= 0.3 is 0 Å². The molecular weight excluding hydrogens is 306 g/mol. The van der Waals surface area contributed by atoms with E-state index in [0.29, 0.717) is 23.3 Å². The Hall–Kier alpha value is -3.29. The average Bonchev–Trinajstić information content (AvgIpc) is 3.05. The third kappa shape index (κ3) is 1.49. The second-order valence-corrected chi connectivity index (χ2v) is 6.03. The molecule has 0 atom stereocenters. The largest absolute Gasteiger partial charge is 0.339 e. The van der Waals surface area contributed by atoms with Crippen molar-refractivity contribution in [3.8, 4) is 11.5 Å². The van der Waals surface area contributed by atoms with E-state index in [9.17, 15) is 0 Å². The Bertz CT molecular complexity index is 1230. The SMILES string of the molecule is c1ccc2c(c1)c1ncnn1c1c(-c3noc(C4CC4)n3)ncn21. The number of imidazole rings is 1. The molecule has 0 amide bonds. The van der Waals surface area contributed by atoms with Crippen LogP contribution < -0.4 is 0 Å². The molecule has 1 saturated carbocycles. The van der Waals surface area contributed by atoms with Gasteiger partial charge in [0, 0.05) is 11.3 Å². The Morgan fingerprint density at radius 1 is 1.12 bits per heavy atom. The normalized spacial score (nSPS) is 15.0. The van der Waals surface area contributed by atoms with Crippen molar-refractivity contribution >= 4 is 22.2 Å². The molecule has 1 aliphatic rings. The first kappa shape index (κ1) is 12.2. The van der Waals surface area contributed by atoms with Gasteiger partial charge in [0.1, 0.15) is 12.7 Å². The molecule has 1 aliphatic carbocycles. The molecule has 1 fully saturated rings. The highest BCUT2D eigenvalue weighted by Gasteiger charge is 2.30. The molecule has 6 rings (SSSR count). The molecule has 4 aromatic heterocycles. The summed E-state index contributed by atoms with van der Waals surface area (Å²) in [5.41, 5.74) is 3.22. The van der Waals surface area contributed by atoms with Crippen LogP contribution >= 0.6 is 0 Å². The fraction of sp³-hybridized carbons (Fsp3) is 0.188. The molecule has 24 heavy (non-hydrogen) atoms. The molecule has 8 nitrogen and oxygen atoms in total. The monoisotopic (exact) mass is 317 g/mol. The van der Waals surface area contributed by atoms with E-state index in [1.165, 1.54) is 0 Å². The lowest BCUT2D eigenvalue weighted by atomic mass is 10.2. The fourth-order valence-corrected chi connectivity index (χ4v) is 3.16. The number of hydrogen-bond acceptors (Lipinski definition) is 6. The van der Waals surface area contributed by atoms with Crippen molar-refractivity contribution in [3.63, 3.8) is 0 Å². The minimum atomic E-state index is 0.410. The standard InChI is InChI=1S/C16H11N7O/c1-2-4-11-10(3-1)14-17-7-19-23(14)16-12(18-8-22(11)16)13-20-15(24-21-13)9-5-6-9/h1-4,7-9H,5-6H2. The second kappa shape index (κ2) is 4.16. The lowest BCUT2D eigenvalue weighted by Crippen LogP contribution is -1.99. The van der Waals surface area contributed by atoms with E-state index in [4.69, 9.17) is 4.52 Å². The summed E-state index contributed by atoms with van der Waals surface area (Å²) in [5, 5.41) is 9.50. The Morgan fingerprint density at radius 3 is 2.96 bits per heavy atom. The van der Waals surface area contributed by atoms with Gasteiger partial charge in [0.25, 0.3) is 0 Å². The van der Waals surface area contributed by atoms with E-state index < -0.39 is 0 Å². The van der Waals surface area contributed by atoms with Crippen LogP contribution in [0.3, 0.4) is 0 Å². The zero-order valence-corrected chi connectivity index (χ0v) is 12.5. The minimum absolute atomic E-state index is 0.410. The minimum Gasteiger partial charge on any atom is -0.339 e. The van der Waals surface area contributed by atoms with Gasteiger partial charge in [0.05, 0.1) is 5.52 Å². The highest BCUT2D eigenvalue weighted by Crippen LogP contribution is 2.39. The molecule has 5 aromatic rings. The van der Waals surface area contributed by atoms with Crippen LogP contribution in [-0.4, -0.2) is 34.1 Å². The predicted octanol–water partition coefficient (Wildman–Crippen LogP) is 2.46. The Labute approximate surface area is 134 Å². The van der Waals surface area contributed by atoms with Gasteiger partial charge in [-0.2, -0.15) is 14.6 Å². The predicted molar refractivity (Wildman–Crippen MR) is 84.5 cm³/mol. The van der Waals surface area contributed by atoms with E-state index in [1.807, 2.05) is 28.7 Å². The van der Waals surface area contributed by atoms with Gasteiger partial charge < -0.3 is 4.52 Å². The van der Waals surface area contributed by atoms with Crippen molar-refractivity contribution in [2.45, 2.75) is 18.8 Å². The summed E-state index contributed by atoms with van der Waals surface area (Å²) in [7, 11) is 0. The summed E-state index contributed by atoms with van der Waals surface area (Å²) in [5.74, 6) is 1.60. The molecular formula is C16H11N7O. The molecule has 0 spiro atoms. The molecule has 0 saturated heterocycles. The van der Waals surface area contributed by atoms with Crippen LogP contribution in [-0.2, 0) is 0 Å². The second-order valence-electron chi connectivity index (χ2n) is 6.03. The lowest BCUT2D eigenvalue weighted by molar-refractivity contribution is 0.380. The molecule has 0 radical (unpaired) electrons. The zero-order valence-electron chi connectivity index (χ0n) is 12.5. The van der Waals surface area contributed by atoms with E-state index in [2.05, 4.69) is 25.2 Å². The summed E-state index contributed by atoms with van der Waals surface area (Å²) >= 11 is 0. The smallest absolute Gasteiger partial charge is 0.230 e. The van der Waals surface area contributed by atoms with Gasteiger partial charge in [0.2, 0.25) is 11.7 Å². The zero-order chi connectivity index (χ0) is 15.7. The van der Waals surface area contributed by atoms with Crippen LogP contribution in [0, 0.1) is 0 Å². The summed E-state index contributed by atoms with van der Waals surface area (Å²) in [6.45, 7) is 0. The Balaban J connectivity index is 1.73. The highest BCUT2D eigenvalue weighted by molar-refractivity contribution is 5.95. The van der Waals surface area contributed by atoms with Gasteiger partial charge in [-0.05, 0) is 25.0 Å². The number of para-hydroxylation sites is 1. The van der Waals surface area contributed by atoms with Crippen molar-refractivity contribution in [3.05, 3.63) is 42.8 Å². The molecule has 0 N–H and O–H groups in total. The summed E-state index contributed by atoms with van der Waals surface area (Å²) in [4.78, 5) is 13.5. The van der Waals surface area contributed by atoms with Crippen LogP contribution in [0.4, 0.5) is 0 Å². The first-order valence-corrected chi connectivity index (χ1v) is 7.81. The van der Waals surface area contributed by atoms with E-state index in [1.54, 1.807) is 17.2 Å². The van der Waals surface area contributed by atoms with Crippen molar-refractivity contribution in [2.24, 2.45) is 0 Å². The Kier molecular flexibility index (Phi) is 2.11. The van der Waals surface area contributed by atoms with Crippen molar-refractivity contribution in [2.75, 3.05) is 0 Å². The number of nitrogens with zero attached hydrogens (tertiary/aromatic N) is 7. The molecule has 0 unspecified atom stereocenters. The number of benzene rings is 1. The summed E-state index contributed by atoms with van der Waals surface area (Å²) in [6, 6.07) is 8.04. The van der Waals surface area contributed by atoms with Crippen LogP contribution in [0.25, 0.3) is 33.7 Å². The molecule has 0 bridgehead atoms. The molecule has 116 valence electrons. The average molecular weight is 317 g/mol. The molecule has 8 heteroatoms.